The minimum Gasteiger partial charge on any atom is -0.335 e. The Kier molecular flexibility index (Phi) is 5.71. The van der Waals surface area contributed by atoms with Crippen LogP contribution in [0.1, 0.15) is 5.56 Å². The SMILES string of the molecule is CN(C)CCN(Cc1cccnc1)C(=O)Cn1c(=O)n(C)c2ccccc21. The first-order valence-electron chi connectivity index (χ1n) is 8.93. The fraction of sp³-hybridized carbons (Fsp3) is 0.350. The Labute approximate surface area is 158 Å². The first-order valence-corrected chi connectivity index (χ1v) is 8.93. The fourth-order valence-corrected chi connectivity index (χ4v) is 3.08. The van der Waals surface area contributed by atoms with Crippen molar-refractivity contribution in [3.63, 3.8) is 0 Å². The summed E-state index contributed by atoms with van der Waals surface area (Å²) in [5.74, 6) is -0.0841. The van der Waals surface area contributed by atoms with Crippen LogP contribution < -0.4 is 5.69 Å². The average molecular weight is 367 g/mol. The van der Waals surface area contributed by atoms with Gasteiger partial charge < -0.3 is 9.80 Å². The standard InChI is InChI=1S/C20H25N5O2/c1-22(2)11-12-24(14-16-7-6-10-21-13-16)19(26)15-25-18-9-5-4-8-17(18)23(3)20(25)27/h4-10,13H,11-12,14-15H2,1-3H3. The highest BCUT2D eigenvalue weighted by molar-refractivity contribution is 5.81. The number of aromatic nitrogens is 3. The number of pyridine rings is 1. The Morgan fingerprint density at radius 1 is 1.07 bits per heavy atom. The van der Waals surface area contributed by atoms with Crippen LogP contribution in [-0.4, -0.2) is 57.0 Å². The molecule has 1 amide bonds. The number of para-hydroxylation sites is 2. The van der Waals surface area contributed by atoms with Crippen molar-refractivity contribution in [2.45, 2.75) is 13.1 Å². The maximum Gasteiger partial charge on any atom is 0.329 e. The molecule has 0 fully saturated rings. The van der Waals surface area contributed by atoms with Crippen LogP contribution in [0.4, 0.5) is 0 Å². The predicted molar refractivity (Wildman–Crippen MR) is 105 cm³/mol. The van der Waals surface area contributed by atoms with Crippen LogP contribution in [0.3, 0.4) is 0 Å². The minimum absolute atomic E-state index is 0.0217. The van der Waals surface area contributed by atoms with Crippen LogP contribution in [0.2, 0.25) is 0 Å². The second-order valence-corrected chi connectivity index (χ2v) is 6.90. The van der Waals surface area contributed by atoms with E-state index >= 15 is 0 Å². The molecule has 2 aromatic heterocycles. The van der Waals surface area contributed by atoms with E-state index in [0.717, 1.165) is 23.1 Å². The highest BCUT2D eigenvalue weighted by Gasteiger charge is 2.18. The van der Waals surface area contributed by atoms with E-state index in [-0.39, 0.29) is 18.1 Å². The van der Waals surface area contributed by atoms with E-state index in [1.807, 2.05) is 55.4 Å². The third-order valence-electron chi connectivity index (χ3n) is 4.61. The lowest BCUT2D eigenvalue weighted by molar-refractivity contribution is -0.132. The van der Waals surface area contributed by atoms with Gasteiger partial charge in [-0.2, -0.15) is 0 Å². The molecule has 0 aliphatic carbocycles. The smallest absolute Gasteiger partial charge is 0.329 e. The number of imidazole rings is 1. The van der Waals surface area contributed by atoms with E-state index in [0.29, 0.717) is 13.1 Å². The summed E-state index contributed by atoms with van der Waals surface area (Å²) in [6.45, 7) is 1.82. The van der Waals surface area contributed by atoms with Gasteiger partial charge in [-0.1, -0.05) is 18.2 Å². The van der Waals surface area contributed by atoms with E-state index in [1.165, 1.54) is 0 Å². The van der Waals surface area contributed by atoms with Gasteiger partial charge in [0.25, 0.3) is 0 Å². The van der Waals surface area contributed by atoms with Crippen molar-refractivity contribution in [1.29, 1.82) is 0 Å². The number of hydrogen-bond donors (Lipinski definition) is 0. The van der Waals surface area contributed by atoms with Crippen LogP contribution in [-0.2, 0) is 24.9 Å². The maximum absolute atomic E-state index is 13.1. The summed E-state index contributed by atoms with van der Waals surface area (Å²) < 4.78 is 3.12. The molecule has 0 aliphatic heterocycles. The zero-order valence-corrected chi connectivity index (χ0v) is 16.0. The maximum atomic E-state index is 13.1. The van der Waals surface area contributed by atoms with Crippen molar-refractivity contribution in [1.82, 2.24) is 23.9 Å². The van der Waals surface area contributed by atoms with E-state index in [1.54, 1.807) is 33.5 Å². The molecule has 1 aromatic carbocycles. The van der Waals surface area contributed by atoms with Gasteiger partial charge in [0.2, 0.25) is 5.91 Å². The van der Waals surface area contributed by atoms with Crippen LogP contribution in [0.15, 0.2) is 53.6 Å². The first kappa shape index (κ1) is 18.8. The summed E-state index contributed by atoms with van der Waals surface area (Å²) in [5, 5.41) is 0. The number of carbonyl (C=O) groups excluding carboxylic acids is 1. The molecule has 0 bridgehead atoms. The highest BCUT2D eigenvalue weighted by atomic mass is 16.2. The monoisotopic (exact) mass is 367 g/mol. The van der Waals surface area contributed by atoms with Crippen LogP contribution in [0.25, 0.3) is 11.0 Å². The van der Waals surface area contributed by atoms with Crippen LogP contribution in [0, 0.1) is 0 Å². The van der Waals surface area contributed by atoms with Crippen molar-refractivity contribution in [2.24, 2.45) is 7.05 Å². The summed E-state index contributed by atoms with van der Waals surface area (Å²) in [6, 6.07) is 11.3. The lowest BCUT2D eigenvalue weighted by Crippen LogP contribution is -2.39. The number of aryl methyl sites for hydroxylation is 1. The number of rotatable bonds is 7. The molecule has 0 aliphatic rings. The number of amides is 1. The third-order valence-corrected chi connectivity index (χ3v) is 4.61. The van der Waals surface area contributed by atoms with Gasteiger partial charge in [0.05, 0.1) is 11.0 Å². The molecule has 3 aromatic rings. The Balaban J connectivity index is 1.86. The molecule has 0 saturated carbocycles. The lowest BCUT2D eigenvalue weighted by Gasteiger charge is -2.24. The van der Waals surface area contributed by atoms with Gasteiger partial charge in [-0.3, -0.25) is 18.9 Å². The zero-order valence-electron chi connectivity index (χ0n) is 16.0. The van der Waals surface area contributed by atoms with E-state index in [2.05, 4.69) is 4.98 Å². The Bertz CT molecular complexity index is 975. The third kappa shape index (κ3) is 4.25. The van der Waals surface area contributed by atoms with Gasteiger partial charge >= 0.3 is 5.69 Å². The van der Waals surface area contributed by atoms with Gasteiger partial charge in [0.1, 0.15) is 6.54 Å². The number of benzene rings is 1. The number of hydrogen-bond acceptors (Lipinski definition) is 4. The quantitative estimate of drug-likeness (QED) is 0.632. The molecule has 0 atom stereocenters. The van der Waals surface area contributed by atoms with Crippen molar-refractivity contribution in [3.8, 4) is 0 Å². The van der Waals surface area contributed by atoms with Gasteiger partial charge in [0, 0.05) is 39.1 Å². The number of fused-ring (bicyclic) bond motifs is 1. The summed E-state index contributed by atoms with van der Waals surface area (Å²) in [6.07, 6.45) is 3.48. The summed E-state index contributed by atoms with van der Waals surface area (Å²) in [7, 11) is 5.68. The largest absolute Gasteiger partial charge is 0.335 e. The van der Waals surface area contributed by atoms with E-state index < -0.39 is 0 Å². The second-order valence-electron chi connectivity index (χ2n) is 6.90. The van der Waals surface area contributed by atoms with E-state index in [9.17, 15) is 9.59 Å². The first-order chi connectivity index (χ1) is 13.0. The molecule has 0 unspecified atom stereocenters. The molecule has 3 rings (SSSR count). The number of likely N-dealkylation sites (N-methyl/N-ethyl adjacent to an activating group) is 1. The Morgan fingerprint density at radius 2 is 1.81 bits per heavy atom. The molecular formula is C20H25N5O2. The minimum atomic E-state index is -0.182. The molecule has 0 spiro atoms. The summed E-state index contributed by atoms with van der Waals surface area (Å²) in [5.41, 5.74) is 2.38. The second kappa shape index (κ2) is 8.18. The molecule has 7 heteroatoms. The van der Waals surface area contributed by atoms with Gasteiger partial charge in [-0.15, -0.1) is 0 Å². The molecule has 7 nitrogen and oxygen atoms in total. The molecule has 0 saturated heterocycles. The lowest BCUT2D eigenvalue weighted by atomic mass is 10.2. The highest BCUT2D eigenvalue weighted by Crippen LogP contribution is 2.12. The van der Waals surface area contributed by atoms with Gasteiger partial charge in [0.15, 0.2) is 0 Å². The topological polar surface area (TPSA) is 63.4 Å². The molecular weight excluding hydrogens is 342 g/mol. The summed E-state index contributed by atoms with van der Waals surface area (Å²) >= 11 is 0. The van der Waals surface area contributed by atoms with Gasteiger partial charge in [-0.05, 0) is 37.9 Å². The Hall–Kier alpha value is -2.93. The van der Waals surface area contributed by atoms with Crippen molar-refractivity contribution in [2.75, 3.05) is 27.2 Å². The van der Waals surface area contributed by atoms with Gasteiger partial charge in [-0.25, -0.2) is 4.79 Å². The molecule has 142 valence electrons. The number of nitrogens with zero attached hydrogens (tertiary/aromatic N) is 5. The molecule has 0 N–H and O–H groups in total. The predicted octanol–water partition coefficient (Wildman–Crippen LogP) is 1.33. The number of carbonyl (C=O) groups is 1. The van der Waals surface area contributed by atoms with Crippen molar-refractivity contribution in [3.05, 3.63) is 64.8 Å². The fourth-order valence-electron chi connectivity index (χ4n) is 3.08. The van der Waals surface area contributed by atoms with E-state index in [4.69, 9.17) is 0 Å². The normalized spacial score (nSPS) is 11.3. The molecule has 0 radical (unpaired) electrons. The van der Waals surface area contributed by atoms with Crippen molar-refractivity contribution < 1.29 is 4.79 Å². The van der Waals surface area contributed by atoms with Crippen molar-refractivity contribution >= 4 is 16.9 Å². The molecule has 2 heterocycles. The van der Waals surface area contributed by atoms with Crippen LogP contribution in [0.5, 0.6) is 0 Å². The molecule has 27 heavy (non-hydrogen) atoms. The average Bonchev–Trinajstić information content (AvgIpc) is 2.91. The Morgan fingerprint density at radius 3 is 2.48 bits per heavy atom. The summed E-state index contributed by atoms with van der Waals surface area (Å²) in [4.78, 5) is 33.6. The zero-order chi connectivity index (χ0) is 19.4. The van der Waals surface area contributed by atoms with Crippen LogP contribution >= 0.6 is 0 Å².